The number of carbonyl (C=O) groups is 2. The molecule has 0 bridgehead atoms. The molecule has 92 valence electrons. The minimum absolute atomic E-state index is 0.119. The maximum absolute atomic E-state index is 11.6. The molecule has 2 N–H and O–H groups in total. The molecule has 0 radical (unpaired) electrons. The molecule has 1 heterocycles. The predicted octanol–water partition coefficient (Wildman–Crippen LogP) is 1.70. The number of pyridine rings is 1. The van der Waals surface area contributed by atoms with Crippen LogP contribution in [0.4, 0.5) is 0 Å². The molecule has 0 atom stereocenters. The summed E-state index contributed by atoms with van der Waals surface area (Å²) in [7, 11) is 0. The van der Waals surface area contributed by atoms with Gasteiger partial charge in [0.05, 0.1) is 0 Å². The van der Waals surface area contributed by atoms with Crippen LogP contribution in [0.3, 0.4) is 0 Å². The van der Waals surface area contributed by atoms with Crippen LogP contribution >= 0.6 is 0 Å². The highest BCUT2D eigenvalue weighted by Crippen LogP contribution is 2.00. The standard InChI is InChI=1S/C12H16N2O3/c1-2-3-4-8-13-11(15)9-6-5-7-10(14-9)12(16)17/h5-7H,2-4,8H2,1H3,(H,13,15)(H,16,17). The Morgan fingerprint density at radius 2 is 2.00 bits per heavy atom. The fraction of sp³-hybridized carbons (Fsp3) is 0.417. The lowest BCUT2D eigenvalue weighted by molar-refractivity contribution is 0.0690. The van der Waals surface area contributed by atoms with Gasteiger partial charge in [0.15, 0.2) is 0 Å². The highest BCUT2D eigenvalue weighted by molar-refractivity contribution is 5.94. The van der Waals surface area contributed by atoms with E-state index in [0.29, 0.717) is 6.54 Å². The molecule has 1 aromatic rings. The minimum atomic E-state index is -1.13. The van der Waals surface area contributed by atoms with Crippen molar-refractivity contribution < 1.29 is 14.7 Å². The second-order valence-corrected chi connectivity index (χ2v) is 3.68. The number of aromatic nitrogens is 1. The molecule has 1 amide bonds. The second-order valence-electron chi connectivity index (χ2n) is 3.68. The smallest absolute Gasteiger partial charge is 0.354 e. The summed E-state index contributed by atoms with van der Waals surface area (Å²) in [5.41, 5.74) is 0.0209. The summed E-state index contributed by atoms with van der Waals surface area (Å²) in [4.78, 5) is 26.1. The Kier molecular flexibility index (Phi) is 5.13. The summed E-state index contributed by atoms with van der Waals surface area (Å²) < 4.78 is 0. The largest absolute Gasteiger partial charge is 0.477 e. The van der Waals surface area contributed by atoms with Gasteiger partial charge in [-0.15, -0.1) is 0 Å². The van der Waals surface area contributed by atoms with Gasteiger partial charge >= 0.3 is 5.97 Å². The van der Waals surface area contributed by atoms with Crippen molar-refractivity contribution in [3.8, 4) is 0 Å². The number of aromatic carboxylic acids is 1. The van der Waals surface area contributed by atoms with E-state index in [-0.39, 0.29) is 17.3 Å². The number of carboxylic acid groups (broad SMARTS) is 1. The van der Waals surface area contributed by atoms with Crippen LogP contribution in [-0.4, -0.2) is 28.5 Å². The lowest BCUT2D eigenvalue weighted by atomic mass is 10.2. The fourth-order valence-corrected chi connectivity index (χ4v) is 1.35. The normalized spacial score (nSPS) is 9.94. The van der Waals surface area contributed by atoms with E-state index in [1.807, 2.05) is 0 Å². The van der Waals surface area contributed by atoms with E-state index < -0.39 is 5.97 Å². The first-order valence-corrected chi connectivity index (χ1v) is 5.63. The third-order valence-corrected chi connectivity index (χ3v) is 2.27. The lowest BCUT2D eigenvalue weighted by Gasteiger charge is -2.04. The van der Waals surface area contributed by atoms with Crippen LogP contribution in [0.2, 0.25) is 0 Å². The summed E-state index contributed by atoms with van der Waals surface area (Å²) in [5, 5.41) is 11.4. The number of nitrogens with zero attached hydrogens (tertiary/aromatic N) is 1. The number of hydrogen-bond acceptors (Lipinski definition) is 3. The number of hydrogen-bond donors (Lipinski definition) is 2. The molecule has 0 aliphatic carbocycles. The molecule has 1 rings (SSSR count). The second kappa shape index (κ2) is 6.62. The van der Waals surface area contributed by atoms with E-state index in [1.54, 1.807) is 0 Å². The molecule has 5 heteroatoms. The Labute approximate surface area is 99.9 Å². The molecule has 17 heavy (non-hydrogen) atoms. The first kappa shape index (κ1) is 13.2. The Bertz CT molecular complexity index is 404. The summed E-state index contributed by atoms with van der Waals surface area (Å²) in [5.74, 6) is -1.46. The Hall–Kier alpha value is -1.91. The molecule has 1 aromatic heterocycles. The third-order valence-electron chi connectivity index (χ3n) is 2.27. The van der Waals surface area contributed by atoms with Crippen molar-refractivity contribution in [2.45, 2.75) is 26.2 Å². The molecule has 0 spiro atoms. The highest BCUT2D eigenvalue weighted by atomic mass is 16.4. The van der Waals surface area contributed by atoms with Crippen LogP contribution in [0, 0.1) is 0 Å². The van der Waals surface area contributed by atoms with E-state index in [9.17, 15) is 9.59 Å². The van der Waals surface area contributed by atoms with Gasteiger partial charge in [-0.1, -0.05) is 25.8 Å². The Morgan fingerprint density at radius 1 is 1.29 bits per heavy atom. The molecular formula is C12H16N2O3. The van der Waals surface area contributed by atoms with E-state index in [1.165, 1.54) is 18.2 Å². The van der Waals surface area contributed by atoms with E-state index in [2.05, 4.69) is 17.2 Å². The van der Waals surface area contributed by atoms with Gasteiger partial charge in [-0.05, 0) is 18.6 Å². The zero-order chi connectivity index (χ0) is 12.7. The molecule has 5 nitrogen and oxygen atoms in total. The Balaban J connectivity index is 2.56. The van der Waals surface area contributed by atoms with Crippen LogP contribution in [0.15, 0.2) is 18.2 Å². The van der Waals surface area contributed by atoms with Crippen molar-refractivity contribution in [2.75, 3.05) is 6.54 Å². The van der Waals surface area contributed by atoms with Crippen LogP contribution in [0.1, 0.15) is 47.2 Å². The van der Waals surface area contributed by atoms with Crippen molar-refractivity contribution >= 4 is 11.9 Å². The van der Waals surface area contributed by atoms with Gasteiger partial charge in [0.2, 0.25) is 0 Å². The fourth-order valence-electron chi connectivity index (χ4n) is 1.35. The van der Waals surface area contributed by atoms with Crippen LogP contribution in [-0.2, 0) is 0 Å². The molecule has 0 aliphatic heterocycles. The number of amides is 1. The van der Waals surface area contributed by atoms with Crippen molar-refractivity contribution in [3.63, 3.8) is 0 Å². The minimum Gasteiger partial charge on any atom is -0.477 e. The van der Waals surface area contributed by atoms with Gasteiger partial charge in [0.1, 0.15) is 11.4 Å². The molecule has 0 saturated heterocycles. The zero-order valence-corrected chi connectivity index (χ0v) is 9.77. The monoisotopic (exact) mass is 236 g/mol. The molecule has 0 aromatic carbocycles. The predicted molar refractivity (Wildman–Crippen MR) is 63.1 cm³/mol. The first-order valence-electron chi connectivity index (χ1n) is 5.63. The molecule has 0 unspecified atom stereocenters. The van der Waals surface area contributed by atoms with Crippen molar-refractivity contribution in [1.29, 1.82) is 0 Å². The van der Waals surface area contributed by atoms with Gasteiger partial charge < -0.3 is 10.4 Å². The van der Waals surface area contributed by atoms with Crippen LogP contribution in [0.5, 0.6) is 0 Å². The number of carbonyl (C=O) groups excluding carboxylic acids is 1. The zero-order valence-electron chi connectivity index (χ0n) is 9.77. The quantitative estimate of drug-likeness (QED) is 0.737. The highest BCUT2D eigenvalue weighted by Gasteiger charge is 2.10. The van der Waals surface area contributed by atoms with Crippen LogP contribution in [0.25, 0.3) is 0 Å². The topological polar surface area (TPSA) is 79.3 Å². The lowest BCUT2D eigenvalue weighted by Crippen LogP contribution is -2.25. The number of carboxylic acids is 1. The van der Waals surface area contributed by atoms with Crippen molar-refractivity contribution in [1.82, 2.24) is 10.3 Å². The first-order chi connectivity index (χ1) is 8.15. The SMILES string of the molecule is CCCCCNC(=O)c1cccc(C(=O)O)n1. The van der Waals surface area contributed by atoms with Gasteiger partial charge in [0.25, 0.3) is 5.91 Å². The van der Waals surface area contributed by atoms with Gasteiger partial charge in [0, 0.05) is 6.54 Å². The van der Waals surface area contributed by atoms with E-state index in [4.69, 9.17) is 5.11 Å². The van der Waals surface area contributed by atoms with Crippen LogP contribution < -0.4 is 5.32 Å². The average Bonchev–Trinajstić information content (AvgIpc) is 2.34. The summed E-state index contributed by atoms with van der Waals surface area (Å²) >= 11 is 0. The average molecular weight is 236 g/mol. The summed E-state index contributed by atoms with van der Waals surface area (Å²) in [6, 6.07) is 4.37. The van der Waals surface area contributed by atoms with Gasteiger partial charge in [-0.2, -0.15) is 0 Å². The third kappa shape index (κ3) is 4.22. The van der Waals surface area contributed by atoms with Crippen molar-refractivity contribution in [2.24, 2.45) is 0 Å². The van der Waals surface area contributed by atoms with E-state index in [0.717, 1.165) is 19.3 Å². The molecule has 0 fully saturated rings. The molecule has 0 aliphatic rings. The van der Waals surface area contributed by atoms with Gasteiger partial charge in [-0.3, -0.25) is 4.79 Å². The maximum atomic E-state index is 11.6. The number of nitrogens with one attached hydrogen (secondary N) is 1. The molecule has 0 saturated carbocycles. The summed E-state index contributed by atoms with van der Waals surface area (Å²) in [6.07, 6.45) is 3.06. The van der Waals surface area contributed by atoms with E-state index >= 15 is 0 Å². The van der Waals surface area contributed by atoms with Gasteiger partial charge in [-0.25, -0.2) is 9.78 Å². The summed E-state index contributed by atoms with van der Waals surface area (Å²) in [6.45, 7) is 2.67. The Morgan fingerprint density at radius 3 is 2.65 bits per heavy atom. The number of unbranched alkanes of at least 4 members (excludes halogenated alkanes) is 2. The maximum Gasteiger partial charge on any atom is 0.354 e. The van der Waals surface area contributed by atoms with Crippen molar-refractivity contribution in [3.05, 3.63) is 29.6 Å². The molecular weight excluding hydrogens is 220 g/mol. The number of rotatable bonds is 6.